The molecule has 0 aromatic heterocycles. The molecule has 1 atom stereocenters. The Morgan fingerprint density at radius 3 is 2.74 bits per heavy atom. The molecule has 7 heteroatoms. The van der Waals surface area contributed by atoms with Gasteiger partial charge >= 0.3 is 0 Å². The summed E-state index contributed by atoms with van der Waals surface area (Å²) in [5, 5.41) is 0. The lowest BCUT2D eigenvalue weighted by molar-refractivity contribution is 0.0625. The van der Waals surface area contributed by atoms with Crippen LogP contribution in [0.3, 0.4) is 0 Å². The van der Waals surface area contributed by atoms with Crippen molar-refractivity contribution in [2.24, 2.45) is 0 Å². The Morgan fingerprint density at radius 1 is 1.03 bits per heavy atom. The van der Waals surface area contributed by atoms with Gasteiger partial charge in [0.25, 0.3) is 5.91 Å². The molecule has 0 saturated carbocycles. The highest BCUT2D eigenvalue weighted by molar-refractivity contribution is 5.94. The number of amides is 1. The summed E-state index contributed by atoms with van der Waals surface area (Å²) >= 11 is 0. The molecule has 2 saturated heterocycles. The van der Waals surface area contributed by atoms with Gasteiger partial charge in [-0.05, 0) is 48.7 Å². The highest BCUT2D eigenvalue weighted by Gasteiger charge is 2.23. The number of benzene rings is 2. The van der Waals surface area contributed by atoms with E-state index in [1.807, 2.05) is 41.3 Å². The molecule has 1 amide bonds. The van der Waals surface area contributed by atoms with Gasteiger partial charge in [-0.3, -0.25) is 9.69 Å². The fraction of sp³-hybridized carbons (Fsp3) is 0.458. The van der Waals surface area contributed by atoms with Crippen molar-refractivity contribution in [3.8, 4) is 17.2 Å². The van der Waals surface area contributed by atoms with E-state index in [-0.39, 0.29) is 12.0 Å². The van der Waals surface area contributed by atoms with E-state index in [9.17, 15) is 4.79 Å². The molecule has 5 rings (SSSR count). The highest BCUT2D eigenvalue weighted by atomic mass is 16.7. The van der Waals surface area contributed by atoms with Crippen molar-refractivity contribution < 1.29 is 23.7 Å². The van der Waals surface area contributed by atoms with Crippen LogP contribution in [-0.2, 0) is 11.3 Å². The summed E-state index contributed by atoms with van der Waals surface area (Å²) in [7, 11) is 0. The first-order valence-electron chi connectivity index (χ1n) is 11.0. The number of nitrogens with zero attached hydrogens (tertiary/aromatic N) is 2. The van der Waals surface area contributed by atoms with Crippen molar-refractivity contribution in [3.05, 3.63) is 53.6 Å². The zero-order valence-electron chi connectivity index (χ0n) is 17.6. The second-order valence-electron chi connectivity index (χ2n) is 8.23. The van der Waals surface area contributed by atoms with Crippen molar-refractivity contribution in [2.75, 3.05) is 46.2 Å². The molecule has 0 aliphatic carbocycles. The molecule has 3 aliphatic rings. The molecule has 3 heterocycles. The molecule has 0 unspecified atom stereocenters. The second-order valence-corrected chi connectivity index (χ2v) is 8.23. The van der Waals surface area contributed by atoms with Gasteiger partial charge in [-0.15, -0.1) is 0 Å². The first-order valence-corrected chi connectivity index (χ1v) is 11.0. The summed E-state index contributed by atoms with van der Waals surface area (Å²) in [5.74, 6) is 2.40. The average molecular weight is 424 g/mol. The van der Waals surface area contributed by atoms with Crippen molar-refractivity contribution in [2.45, 2.75) is 25.5 Å². The maximum atomic E-state index is 13.0. The van der Waals surface area contributed by atoms with Gasteiger partial charge in [0, 0.05) is 44.9 Å². The first-order chi connectivity index (χ1) is 15.2. The molecule has 0 spiro atoms. The maximum Gasteiger partial charge on any atom is 0.254 e. The van der Waals surface area contributed by atoms with Gasteiger partial charge in [0.1, 0.15) is 12.4 Å². The molecule has 0 radical (unpaired) electrons. The van der Waals surface area contributed by atoms with Crippen molar-refractivity contribution in [1.82, 2.24) is 9.80 Å². The van der Waals surface area contributed by atoms with Crippen LogP contribution in [0.15, 0.2) is 42.5 Å². The smallest absolute Gasteiger partial charge is 0.254 e. The summed E-state index contributed by atoms with van der Waals surface area (Å²) in [6, 6.07) is 13.6. The number of hydrogen-bond donors (Lipinski definition) is 0. The minimum absolute atomic E-state index is 0.0605. The predicted octanol–water partition coefficient (Wildman–Crippen LogP) is 2.93. The molecule has 0 N–H and O–H groups in total. The van der Waals surface area contributed by atoms with Gasteiger partial charge < -0.3 is 23.8 Å². The van der Waals surface area contributed by atoms with Crippen LogP contribution in [0.2, 0.25) is 0 Å². The summed E-state index contributed by atoms with van der Waals surface area (Å²) in [6.07, 6.45) is 2.29. The van der Waals surface area contributed by atoms with Gasteiger partial charge in [-0.2, -0.15) is 0 Å². The summed E-state index contributed by atoms with van der Waals surface area (Å²) in [5.41, 5.74) is 1.87. The van der Waals surface area contributed by atoms with Crippen LogP contribution in [0.25, 0.3) is 0 Å². The van der Waals surface area contributed by atoms with E-state index < -0.39 is 0 Å². The van der Waals surface area contributed by atoms with E-state index in [0.717, 1.165) is 56.3 Å². The lowest BCUT2D eigenvalue weighted by Gasteiger charge is -2.34. The second kappa shape index (κ2) is 9.16. The molecular formula is C24H28N2O5. The number of carbonyl (C=O) groups excluding carboxylic acids is 1. The minimum Gasteiger partial charge on any atom is -0.491 e. The van der Waals surface area contributed by atoms with Gasteiger partial charge in [0.05, 0.1) is 6.10 Å². The molecule has 2 aromatic carbocycles. The number of ether oxygens (including phenoxy) is 4. The monoisotopic (exact) mass is 424 g/mol. The van der Waals surface area contributed by atoms with Gasteiger partial charge in [0.15, 0.2) is 11.5 Å². The quantitative estimate of drug-likeness (QED) is 0.711. The molecular weight excluding hydrogens is 396 g/mol. The Bertz CT molecular complexity index is 920. The Labute approximate surface area is 182 Å². The van der Waals surface area contributed by atoms with E-state index in [1.54, 1.807) is 0 Å². The SMILES string of the molecule is O=C(c1cccc(OC[C@@H]2CCCO2)c1)N1CCN(Cc2ccc3c(c2)OCO3)CC1. The van der Waals surface area contributed by atoms with E-state index in [4.69, 9.17) is 18.9 Å². The number of carbonyl (C=O) groups is 1. The number of fused-ring (bicyclic) bond motifs is 1. The lowest BCUT2D eigenvalue weighted by Crippen LogP contribution is -2.48. The van der Waals surface area contributed by atoms with Crippen LogP contribution in [0.1, 0.15) is 28.8 Å². The minimum atomic E-state index is 0.0605. The third-order valence-corrected chi connectivity index (χ3v) is 6.04. The predicted molar refractivity (Wildman–Crippen MR) is 115 cm³/mol. The first kappa shape index (κ1) is 20.2. The van der Waals surface area contributed by atoms with Crippen LogP contribution < -0.4 is 14.2 Å². The van der Waals surface area contributed by atoms with Crippen molar-refractivity contribution >= 4 is 5.91 Å². The molecule has 3 aliphatic heterocycles. The van der Waals surface area contributed by atoms with Crippen LogP contribution in [0.5, 0.6) is 17.2 Å². The molecule has 164 valence electrons. The molecule has 31 heavy (non-hydrogen) atoms. The molecule has 2 aromatic rings. The number of rotatable bonds is 6. The van der Waals surface area contributed by atoms with Gasteiger partial charge in [-0.1, -0.05) is 12.1 Å². The van der Waals surface area contributed by atoms with Crippen molar-refractivity contribution in [1.29, 1.82) is 0 Å². The molecule has 0 bridgehead atoms. The van der Waals surface area contributed by atoms with E-state index in [1.165, 1.54) is 5.56 Å². The standard InChI is InChI=1S/C24H28N2O5/c27-24(19-3-1-4-20(14-19)29-16-21-5-2-12-28-21)26-10-8-25(9-11-26)15-18-6-7-22-23(13-18)31-17-30-22/h1,3-4,6-7,13-14,21H,2,5,8-12,15-17H2/t21-/m0/s1. The zero-order valence-corrected chi connectivity index (χ0v) is 17.6. The topological polar surface area (TPSA) is 60.5 Å². The normalized spacial score (nSPS) is 20.8. The lowest BCUT2D eigenvalue weighted by atomic mass is 10.1. The Morgan fingerprint density at radius 2 is 1.90 bits per heavy atom. The van der Waals surface area contributed by atoms with E-state index in [0.29, 0.717) is 32.1 Å². The highest BCUT2D eigenvalue weighted by Crippen LogP contribution is 2.33. The van der Waals surface area contributed by atoms with E-state index >= 15 is 0 Å². The van der Waals surface area contributed by atoms with Crippen LogP contribution in [-0.4, -0.2) is 68.0 Å². The molecule has 2 fully saturated rings. The Hall–Kier alpha value is -2.77. The number of hydrogen-bond acceptors (Lipinski definition) is 6. The average Bonchev–Trinajstić information content (AvgIpc) is 3.50. The largest absolute Gasteiger partial charge is 0.491 e. The maximum absolute atomic E-state index is 13.0. The molecule has 7 nitrogen and oxygen atoms in total. The van der Waals surface area contributed by atoms with E-state index in [2.05, 4.69) is 11.0 Å². The Balaban J connectivity index is 1.13. The summed E-state index contributed by atoms with van der Waals surface area (Å²) < 4.78 is 22.3. The Kier molecular flexibility index (Phi) is 5.95. The van der Waals surface area contributed by atoms with Gasteiger partial charge in [0.2, 0.25) is 6.79 Å². The third kappa shape index (κ3) is 4.78. The van der Waals surface area contributed by atoms with Crippen LogP contribution >= 0.6 is 0 Å². The fourth-order valence-corrected chi connectivity index (χ4v) is 4.27. The van der Waals surface area contributed by atoms with Crippen molar-refractivity contribution in [3.63, 3.8) is 0 Å². The summed E-state index contributed by atoms with van der Waals surface area (Å²) in [6.45, 7) is 5.59. The van der Waals surface area contributed by atoms with Gasteiger partial charge in [-0.25, -0.2) is 0 Å². The zero-order chi connectivity index (χ0) is 21.0. The van der Waals surface area contributed by atoms with Crippen LogP contribution in [0.4, 0.5) is 0 Å². The fourth-order valence-electron chi connectivity index (χ4n) is 4.27. The summed E-state index contributed by atoms with van der Waals surface area (Å²) in [4.78, 5) is 17.3. The third-order valence-electron chi connectivity index (χ3n) is 6.04. The van der Waals surface area contributed by atoms with Crippen LogP contribution in [0, 0.1) is 0 Å². The number of piperazine rings is 1.